The molecule has 0 saturated heterocycles. The third-order valence-corrected chi connectivity index (χ3v) is 3.69. The number of benzene rings is 2. The van der Waals surface area contributed by atoms with E-state index in [0.29, 0.717) is 16.7 Å². The minimum Gasteiger partial charge on any atom is -0.494 e. The number of amides is 1. The Morgan fingerprint density at radius 1 is 1.28 bits per heavy atom. The van der Waals surface area contributed by atoms with Crippen LogP contribution in [0.5, 0.6) is 5.75 Å². The molecule has 2 aromatic carbocycles. The number of ether oxygens (including phenoxy) is 1. The standard InChI is InChI=1S/C18H16FN3O3/c1-25-16-8-6-11(10-12(16)19)20-17(23)9-7-15-18(24)22-14-5-3-2-4-13(14)21-15/h2-6,8,10H,7,9H2,1H3,(H,20,23)(H,22,24). The SMILES string of the molecule is COc1ccc(NC(=O)CCc2nc3ccccc3[nH]c2=O)cc1F. The number of anilines is 1. The van der Waals surface area contributed by atoms with Crippen LogP contribution >= 0.6 is 0 Å². The maximum Gasteiger partial charge on any atom is 0.270 e. The second-order valence-electron chi connectivity index (χ2n) is 5.43. The maximum absolute atomic E-state index is 13.6. The van der Waals surface area contributed by atoms with Gasteiger partial charge in [0, 0.05) is 24.6 Å². The number of nitrogens with zero attached hydrogens (tertiary/aromatic N) is 1. The zero-order valence-electron chi connectivity index (χ0n) is 13.5. The van der Waals surface area contributed by atoms with Gasteiger partial charge in [-0.15, -0.1) is 0 Å². The Morgan fingerprint density at radius 3 is 2.84 bits per heavy atom. The van der Waals surface area contributed by atoms with Crippen molar-refractivity contribution >= 4 is 22.6 Å². The molecule has 0 unspecified atom stereocenters. The van der Waals surface area contributed by atoms with Gasteiger partial charge in [-0.05, 0) is 24.3 Å². The number of nitrogens with one attached hydrogen (secondary N) is 2. The number of aryl methyl sites for hydroxylation is 1. The third-order valence-electron chi connectivity index (χ3n) is 3.69. The molecule has 0 spiro atoms. The van der Waals surface area contributed by atoms with E-state index in [0.717, 1.165) is 0 Å². The lowest BCUT2D eigenvalue weighted by atomic mass is 10.2. The molecule has 0 aliphatic heterocycles. The lowest BCUT2D eigenvalue weighted by molar-refractivity contribution is -0.116. The number of aromatic nitrogens is 2. The Bertz CT molecular complexity index is 985. The number of aromatic amines is 1. The Hall–Kier alpha value is -3.22. The molecule has 25 heavy (non-hydrogen) atoms. The molecule has 1 heterocycles. The van der Waals surface area contributed by atoms with Gasteiger partial charge >= 0.3 is 0 Å². The van der Waals surface area contributed by atoms with Crippen molar-refractivity contribution in [1.82, 2.24) is 9.97 Å². The van der Waals surface area contributed by atoms with Crippen LogP contribution < -0.4 is 15.6 Å². The molecule has 128 valence electrons. The Kier molecular flexibility index (Phi) is 4.74. The van der Waals surface area contributed by atoms with E-state index in [1.54, 1.807) is 24.3 Å². The summed E-state index contributed by atoms with van der Waals surface area (Å²) in [5, 5.41) is 2.59. The first-order valence-corrected chi connectivity index (χ1v) is 7.68. The Balaban J connectivity index is 1.67. The van der Waals surface area contributed by atoms with Gasteiger partial charge in [0.1, 0.15) is 5.69 Å². The number of methoxy groups -OCH3 is 1. The van der Waals surface area contributed by atoms with E-state index in [2.05, 4.69) is 15.3 Å². The molecular formula is C18H16FN3O3. The molecule has 0 bridgehead atoms. The summed E-state index contributed by atoms with van der Waals surface area (Å²) < 4.78 is 18.4. The average molecular weight is 341 g/mol. The second-order valence-corrected chi connectivity index (χ2v) is 5.43. The minimum atomic E-state index is -0.562. The van der Waals surface area contributed by atoms with Gasteiger partial charge in [0.25, 0.3) is 5.56 Å². The number of hydrogen-bond donors (Lipinski definition) is 2. The van der Waals surface area contributed by atoms with Crippen LogP contribution in [-0.4, -0.2) is 23.0 Å². The van der Waals surface area contributed by atoms with Crippen LogP contribution in [0.3, 0.4) is 0 Å². The Morgan fingerprint density at radius 2 is 2.08 bits per heavy atom. The highest BCUT2D eigenvalue weighted by atomic mass is 19.1. The average Bonchev–Trinajstić information content (AvgIpc) is 2.60. The lowest BCUT2D eigenvalue weighted by Gasteiger charge is -2.07. The summed E-state index contributed by atoms with van der Waals surface area (Å²) in [6.07, 6.45) is 0.243. The first-order valence-electron chi connectivity index (χ1n) is 7.68. The highest BCUT2D eigenvalue weighted by Gasteiger charge is 2.10. The molecule has 1 amide bonds. The zero-order chi connectivity index (χ0) is 17.8. The van der Waals surface area contributed by atoms with Crippen molar-refractivity contribution < 1.29 is 13.9 Å². The van der Waals surface area contributed by atoms with Gasteiger partial charge < -0.3 is 15.0 Å². The summed E-state index contributed by atoms with van der Waals surface area (Å²) in [5.74, 6) is -0.795. The number of H-pyrrole nitrogens is 1. The van der Waals surface area contributed by atoms with Crippen LogP contribution in [0.1, 0.15) is 12.1 Å². The van der Waals surface area contributed by atoms with E-state index in [9.17, 15) is 14.0 Å². The topological polar surface area (TPSA) is 84.1 Å². The first-order chi connectivity index (χ1) is 12.1. The smallest absolute Gasteiger partial charge is 0.270 e. The highest BCUT2D eigenvalue weighted by molar-refractivity contribution is 5.90. The number of halogens is 1. The molecule has 6 nitrogen and oxygen atoms in total. The van der Waals surface area contributed by atoms with Crippen molar-refractivity contribution in [2.24, 2.45) is 0 Å². The lowest BCUT2D eigenvalue weighted by Crippen LogP contribution is -2.19. The number of fused-ring (bicyclic) bond motifs is 1. The van der Waals surface area contributed by atoms with E-state index < -0.39 is 5.82 Å². The fraction of sp³-hybridized carbons (Fsp3) is 0.167. The quantitative estimate of drug-likeness (QED) is 0.747. The van der Waals surface area contributed by atoms with Crippen LogP contribution in [-0.2, 0) is 11.2 Å². The summed E-state index contributed by atoms with van der Waals surface area (Å²) in [7, 11) is 1.37. The van der Waals surface area contributed by atoms with E-state index >= 15 is 0 Å². The molecule has 1 aromatic heterocycles. The fourth-order valence-electron chi connectivity index (χ4n) is 2.44. The van der Waals surface area contributed by atoms with Crippen LogP contribution in [0, 0.1) is 5.82 Å². The molecule has 0 radical (unpaired) electrons. The van der Waals surface area contributed by atoms with E-state index in [4.69, 9.17) is 4.74 Å². The molecule has 7 heteroatoms. The molecule has 3 aromatic rings. The van der Waals surface area contributed by atoms with Crippen molar-refractivity contribution in [3.05, 3.63) is 64.3 Å². The van der Waals surface area contributed by atoms with Crippen molar-refractivity contribution in [3.63, 3.8) is 0 Å². The largest absolute Gasteiger partial charge is 0.494 e. The van der Waals surface area contributed by atoms with Gasteiger partial charge in [0.2, 0.25) is 5.91 Å². The van der Waals surface area contributed by atoms with Crippen molar-refractivity contribution in [3.8, 4) is 5.75 Å². The monoisotopic (exact) mass is 341 g/mol. The molecule has 0 fully saturated rings. The summed E-state index contributed by atoms with van der Waals surface area (Å²) in [5.41, 5.74) is 1.60. The number of hydrogen-bond acceptors (Lipinski definition) is 4. The summed E-state index contributed by atoms with van der Waals surface area (Å²) in [4.78, 5) is 31.1. The number of carbonyl (C=O) groups is 1. The molecule has 3 rings (SSSR count). The molecular weight excluding hydrogens is 325 g/mol. The first kappa shape index (κ1) is 16.6. The summed E-state index contributed by atoms with van der Waals surface area (Å²) >= 11 is 0. The normalized spacial score (nSPS) is 10.6. The summed E-state index contributed by atoms with van der Waals surface area (Å²) in [6, 6.07) is 11.3. The van der Waals surface area contributed by atoms with Crippen molar-refractivity contribution in [1.29, 1.82) is 0 Å². The third kappa shape index (κ3) is 3.82. The van der Waals surface area contributed by atoms with Gasteiger partial charge in [-0.1, -0.05) is 12.1 Å². The van der Waals surface area contributed by atoms with Crippen molar-refractivity contribution in [2.75, 3.05) is 12.4 Å². The predicted octanol–water partition coefficient (Wildman–Crippen LogP) is 2.64. The van der Waals surface area contributed by atoms with Crippen molar-refractivity contribution in [2.45, 2.75) is 12.8 Å². The predicted molar refractivity (Wildman–Crippen MR) is 92.3 cm³/mol. The Labute approximate surface area is 142 Å². The number of carbonyl (C=O) groups excluding carboxylic acids is 1. The van der Waals surface area contributed by atoms with Gasteiger partial charge in [-0.2, -0.15) is 0 Å². The second kappa shape index (κ2) is 7.12. The number of rotatable bonds is 5. The van der Waals surface area contributed by atoms with Gasteiger partial charge in [0.15, 0.2) is 11.6 Å². The maximum atomic E-state index is 13.6. The molecule has 0 aliphatic rings. The fourth-order valence-corrected chi connectivity index (χ4v) is 2.44. The van der Waals surface area contributed by atoms with Crippen LogP contribution in [0.15, 0.2) is 47.3 Å². The highest BCUT2D eigenvalue weighted by Crippen LogP contribution is 2.20. The van der Waals surface area contributed by atoms with E-state index in [1.807, 2.05) is 6.07 Å². The van der Waals surface area contributed by atoms with Gasteiger partial charge in [0.05, 0.1) is 18.1 Å². The van der Waals surface area contributed by atoms with E-state index in [-0.39, 0.29) is 35.8 Å². The van der Waals surface area contributed by atoms with Crippen LogP contribution in [0.2, 0.25) is 0 Å². The summed E-state index contributed by atoms with van der Waals surface area (Å²) in [6.45, 7) is 0. The van der Waals surface area contributed by atoms with Gasteiger partial charge in [-0.3, -0.25) is 9.59 Å². The zero-order valence-corrected chi connectivity index (χ0v) is 13.5. The molecule has 0 aliphatic carbocycles. The molecule has 0 saturated carbocycles. The minimum absolute atomic E-state index is 0.0576. The van der Waals surface area contributed by atoms with Crippen LogP contribution in [0.4, 0.5) is 10.1 Å². The van der Waals surface area contributed by atoms with Gasteiger partial charge in [-0.25, -0.2) is 9.37 Å². The van der Waals surface area contributed by atoms with Crippen LogP contribution in [0.25, 0.3) is 11.0 Å². The number of para-hydroxylation sites is 2. The molecule has 2 N–H and O–H groups in total. The molecule has 0 atom stereocenters. The van der Waals surface area contributed by atoms with E-state index in [1.165, 1.54) is 19.2 Å².